The number of benzene rings is 2. The fourth-order valence-electron chi connectivity index (χ4n) is 3.43. The van der Waals surface area contributed by atoms with E-state index in [1.165, 1.54) is 24.3 Å². The van der Waals surface area contributed by atoms with E-state index in [2.05, 4.69) is 10.00 Å². The van der Waals surface area contributed by atoms with Gasteiger partial charge in [0.15, 0.2) is 0 Å². The summed E-state index contributed by atoms with van der Waals surface area (Å²) < 4.78 is 33.8. The van der Waals surface area contributed by atoms with Crippen LogP contribution in [-0.2, 0) is 13.2 Å². The molecule has 1 aromatic heterocycles. The fourth-order valence-corrected chi connectivity index (χ4v) is 3.43. The zero-order valence-electron chi connectivity index (χ0n) is 17.3. The summed E-state index contributed by atoms with van der Waals surface area (Å²) in [5, 5.41) is 4.46. The predicted octanol–water partition coefficient (Wildman–Crippen LogP) is 3.18. The minimum Gasteiger partial charge on any atom is -0.471 e. The van der Waals surface area contributed by atoms with Crippen LogP contribution in [0.5, 0.6) is 5.88 Å². The summed E-state index contributed by atoms with van der Waals surface area (Å²) >= 11 is 0. The number of nitrogens with zero attached hydrogens (tertiary/aromatic N) is 4. The molecular weight excluding hydrogens is 402 g/mol. The number of ether oxygens (including phenoxy) is 1. The highest BCUT2D eigenvalue weighted by molar-refractivity contribution is 5.96. The molecule has 31 heavy (non-hydrogen) atoms. The molecule has 0 radical (unpaired) electrons. The summed E-state index contributed by atoms with van der Waals surface area (Å²) in [6.07, 6.45) is 1.67. The zero-order valence-corrected chi connectivity index (χ0v) is 17.3. The molecule has 4 rings (SSSR count). The molecular formula is C23H24F2N4O2. The number of carbonyl (C=O) groups excluding carboxylic acids is 1. The van der Waals surface area contributed by atoms with E-state index in [0.29, 0.717) is 25.2 Å². The molecule has 0 bridgehead atoms. The number of hydrogen-bond donors (Lipinski definition) is 0. The lowest BCUT2D eigenvalue weighted by molar-refractivity contribution is 0.0659. The molecule has 0 saturated carbocycles. The summed E-state index contributed by atoms with van der Waals surface area (Å²) in [7, 11) is 2.03. The number of hydrogen-bond acceptors (Lipinski definition) is 4. The van der Waals surface area contributed by atoms with E-state index < -0.39 is 0 Å². The van der Waals surface area contributed by atoms with E-state index >= 15 is 0 Å². The van der Waals surface area contributed by atoms with Crippen molar-refractivity contribution in [3.8, 4) is 5.88 Å². The highest BCUT2D eigenvalue weighted by atomic mass is 19.1. The maximum Gasteiger partial charge on any atom is 0.261 e. The summed E-state index contributed by atoms with van der Waals surface area (Å²) in [6.45, 7) is 3.42. The first-order chi connectivity index (χ1) is 15.0. The summed E-state index contributed by atoms with van der Waals surface area (Å²) in [5.41, 5.74) is 2.01. The van der Waals surface area contributed by atoms with Crippen molar-refractivity contribution in [1.29, 1.82) is 0 Å². The highest BCUT2D eigenvalue weighted by Crippen LogP contribution is 2.21. The van der Waals surface area contributed by atoms with Crippen LogP contribution in [0.4, 0.5) is 8.78 Å². The molecule has 1 amide bonds. The second-order valence-electron chi connectivity index (χ2n) is 7.68. The Hall–Kier alpha value is -3.26. The Morgan fingerprint density at radius 3 is 2.13 bits per heavy atom. The first-order valence-corrected chi connectivity index (χ1v) is 10.1. The van der Waals surface area contributed by atoms with Crippen LogP contribution in [0.1, 0.15) is 21.5 Å². The second kappa shape index (κ2) is 9.26. The van der Waals surface area contributed by atoms with Crippen molar-refractivity contribution in [2.75, 3.05) is 33.2 Å². The average Bonchev–Trinajstić information content (AvgIpc) is 3.17. The Kier molecular flexibility index (Phi) is 6.27. The Balaban J connectivity index is 1.55. The minimum atomic E-state index is -0.321. The quantitative estimate of drug-likeness (QED) is 0.608. The predicted molar refractivity (Wildman–Crippen MR) is 112 cm³/mol. The van der Waals surface area contributed by atoms with Gasteiger partial charge in [-0.1, -0.05) is 24.3 Å². The molecule has 0 N–H and O–H groups in total. The maximum absolute atomic E-state index is 13.2. The van der Waals surface area contributed by atoms with E-state index in [1.807, 2.05) is 7.05 Å². The van der Waals surface area contributed by atoms with Crippen molar-refractivity contribution in [2.45, 2.75) is 13.2 Å². The van der Waals surface area contributed by atoms with Crippen LogP contribution in [-0.4, -0.2) is 58.7 Å². The molecule has 0 spiro atoms. The SMILES string of the molecule is CN1CCN(C(=O)c2cn(Cc3ccc(F)cc3)nc2OCc2ccc(F)cc2)CC1. The third-order valence-electron chi connectivity index (χ3n) is 5.30. The molecule has 1 aliphatic heterocycles. The maximum atomic E-state index is 13.2. The highest BCUT2D eigenvalue weighted by Gasteiger charge is 2.26. The Morgan fingerprint density at radius 2 is 1.52 bits per heavy atom. The lowest BCUT2D eigenvalue weighted by Gasteiger charge is -2.32. The van der Waals surface area contributed by atoms with Gasteiger partial charge in [-0.15, -0.1) is 5.10 Å². The topological polar surface area (TPSA) is 50.6 Å². The minimum absolute atomic E-state index is 0.132. The van der Waals surface area contributed by atoms with Crippen LogP contribution in [0, 0.1) is 11.6 Å². The van der Waals surface area contributed by atoms with Gasteiger partial charge in [-0.05, 0) is 42.4 Å². The molecule has 1 fully saturated rings. The molecule has 1 aliphatic rings. The Labute approximate surface area is 179 Å². The number of amides is 1. The number of rotatable bonds is 6. The first kappa shape index (κ1) is 21.0. The van der Waals surface area contributed by atoms with Crippen molar-refractivity contribution < 1.29 is 18.3 Å². The van der Waals surface area contributed by atoms with Gasteiger partial charge in [-0.25, -0.2) is 8.78 Å². The van der Waals surface area contributed by atoms with Gasteiger partial charge in [0, 0.05) is 32.4 Å². The van der Waals surface area contributed by atoms with Crippen molar-refractivity contribution in [2.24, 2.45) is 0 Å². The van der Waals surface area contributed by atoms with E-state index in [1.54, 1.807) is 40.0 Å². The molecule has 1 saturated heterocycles. The number of carbonyl (C=O) groups is 1. The lowest BCUT2D eigenvalue weighted by Crippen LogP contribution is -2.47. The van der Waals surface area contributed by atoms with Gasteiger partial charge in [0.1, 0.15) is 23.8 Å². The van der Waals surface area contributed by atoms with Gasteiger partial charge in [0.25, 0.3) is 5.91 Å². The van der Waals surface area contributed by atoms with Crippen molar-refractivity contribution in [3.63, 3.8) is 0 Å². The van der Waals surface area contributed by atoms with Crippen LogP contribution in [0.25, 0.3) is 0 Å². The first-order valence-electron chi connectivity index (χ1n) is 10.1. The van der Waals surface area contributed by atoms with Gasteiger partial charge in [0.05, 0.1) is 6.54 Å². The molecule has 162 valence electrons. The van der Waals surface area contributed by atoms with Gasteiger partial charge in [-0.3, -0.25) is 9.48 Å². The third kappa shape index (κ3) is 5.27. The summed E-state index contributed by atoms with van der Waals surface area (Å²) in [5.74, 6) is -0.528. The zero-order chi connectivity index (χ0) is 21.8. The van der Waals surface area contributed by atoms with Crippen LogP contribution in [0.2, 0.25) is 0 Å². The average molecular weight is 426 g/mol. The van der Waals surface area contributed by atoms with Crippen LogP contribution in [0.15, 0.2) is 54.7 Å². The molecule has 0 atom stereocenters. The van der Waals surface area contributed by atoms with Crippen molar-refractivity contribution >= 4 is 5.91 Å². The van der Waals surface area contributed by atoms with Gasteiger partial charge < -0.3 is 14.5 Å². The lowest BCUT2D eigenvalue weighted by atomic mass is 10.2. The molecule has 8 heteroatoms. The van der Waals surface area contributed by atoms with E-state index in [4.69, 9.17) is 4.74 Å². The largest absolute Gasteiger partial charge is 0.471 e. The normalized spacial score (nSPS) is 14.6. The van der Waals surface area contributed by atoms with Gasteiger partial charge >= 0.3 is 0 Å². The van der Waals surface area contributed by atoms with Crippen LogP contribution in [0.3, 0.4) is 0 Å². The smallest absolute Gasteiger partial charge is 0.261 e. The molecule has 0 unspecified atom stereocenters. The Bertz CT molecular complexity index is 1030. The van der Waals surface area contributed by atoms with Crippen LogP contribution >= 0.6 is 0 Å². The molecule has 0 aliphatic carbocycles. The number of likely N-dealkylation sites (N-methyl/N-ethyl adjacent to an activating group) is 1. The second-order valence-corrected chi connectivity index (χ2v) is 7.68. The number of aromatic nitrogens is 2. The molecule has 3 aromatic rings. The van der Waals surface area contributed by atoms with E-state index in [0.717, 1.165) is 24.2 Å². The van der Waals surface area contributed by atoms with E-state index in [9.17, 15) is 13.6 Å². The van der Waals surface area contributed by atoms with Gasteiger partial charge in [-0.2, -0.15) is 0 Å². The molecule has 6 nitrogen and oxygen atoms in total. The van der Waals surface area contributed by atoms with Crippen molar-refractivity contribution in [1.82, 2.24) is 19.6 Å². The molecule has 2 aromatic carbocycles. The standard InChI is InChI=1S/C23H24F2N4O2/c1-27-10-12-28(13-11-27)23(30)21-15-29(14-17-2-6-19(24)7-3-17)26-22(21)31-16-18-4-8-20(25)9-5-18/h2-9,15H,10-14,16H2,1H3. The number of piperazine rings is 1. The van der Waals surface area contributed by atoms with Crippen LogP contribution < -0.4 is 4.74 Å². The molecule has 2 heterocycles. The fraction of sp³-hybridized carbons (Fsp3) is 0.304. The van der Waals surface area contributed by atoms with E-state index in [-0.39, 0.29) is 30.0 Å². The summed E-state index contributed by atoms with van der Waals surface area (Å²) in [6, 6.07) is 12.1. The van der Waals surface area contributed by atoms with Gasteiger partial charge in [0.2, 0.25) is 5.88 Å². The third-order valence-corrected chi connectivity index (χ3v) is 5.30. The number of halogens is 2. The monoisotopic (exact) mass is 426 g/mol. The Morgan fingerprint density at radius 1 is 0.935 bits per heavy atom. The summed E-state index contributed by atoms with van der Waals surface area (Å²) in [4.78, 5) is 17.1. The van der Waals surface area contributed by atoms with Crippen molar-refractivity contribution in [3.05, 3.63) is 83.1 Å².